The number of aryl methyl sites for hydroxylation is 1. The second-order valence-corrected chi connectivity index (χ2v) is 7.22. The molecule has 0 saturated heterocycles. The summed E-state index contributed by atoms with van der Waals surface area (Å²) in [7, 11) is 0. The van der Waals surface area contributed by atoms with Crippen LogP contribution in [0.15, 0.2) is 51.4 Å². The van der Waals surface area contributed by atoms with Crippen molar-refractivity contribution in [2.24, 2.45) is 0 Å². The summed E-state index contributed by atoms with van der Waals surface area (Å²) in [6, 6.07) is 15.6. The van der Waals surface area contributed by atoms with Crippen LogP contribution in [0.25, 0.3) is 0 Å². The van der Waals surface area contributed by atoms with Crippen molar-refractivity contribution in [3.8, 4) is 0 Å². The van der Waals surface area contributed by atoms with Gasteiger partial charge in [-0.15, -0.1) is 0 Å². The van der Waals surface area contributed by atoms with E-state index in [1.165, 1.54) is 34.1 Å². The maximum atomic E-state index is 3.65. The Balaban J connectivity index is 1.64. The number of nitrogens with one attached hydrogen (secondary N) is 1. The Morgan fingerprint density at radius 2 is 1.75 bits per heavy atom. The molecule has 0 amide bonds. The summed E-state index contributed by atoms with van der Waals surface area (Å²) in [5.41, 5.74) is 3.94. The molecular formula is C17H17Br2N. The predicted molar refractivity (Wildman–Crippen MR) is 92.4 cm³/mol. The Bertz CT molecular complexity index is 618. The van der Waals surface area contributed by atoms with E-state index < -0.39 is 0 Å². The van der Waals surface area contributed by atoms with E-state index >= 15 is 0 Å². The Kier molecular flexibility index (Phi) is 4.18. The monoisotopic (exact) mass is 393 g/mol. The summed E-state index contributed by atoms with van der Waals surface area (Å²) >= 11 is 7.27. The van der Waals surface area contributed by atoms with Crippen LogP contribution < -0.4 is 5.32 Å². The van der Waals surface area contributed by atoms with Crippen molar-refractivity contribution in [1.29, 1.82) is 0 Å². The number of hydrogen-bond acceptors (Lipinski definition) is 1. The molecule has 0 heterocycles. The molecule has 1 aliphatic carbocycles. The highest BCUT2D eigenvalue weighted by molar-refractivity contribution is 9.10. The predicted octanol–water partition coefficient (Wildman–Crippen LogP) is 5.88. The maximum absolute atomic E-state index is 3.65. The van der Waals surface area contributed by atoms with Crippen LogP contribution in [0.4, 0.5) is 5.69 Å². The van der Waals surface area contributed by atoms with E-state index in [-0.39, 0.29) is 0 Å². The number of benzene rings is 2. The third kappa shape index (κ3) is 2.94. The highest BCUT2D eigenvalue weighted by Gasteiger charge is 2.31. The van der Waals surface area contributed by atoms with Crippen LogP contribution in [0.1, 0.15) is 29.9 Å². The Hall–Kier alpha value is -0.800. The molecule has 1 fully saturated rings. The molecular weight excluding hydrogens is 378 g/mol. The van der Waals surface area contributed by atoms with Crippen molar-refractivity contribution < 1.29 is 0 Å². The summed E-state index contributed by atoms with van der Waals surface area (Å²) in [5.74, 6) is 0.673. The zero-order valence-electron chi connectivity index (χ0n) is 11.4. The molecule has 1 nitrogen and oxygen atoms in total. The van der Waals surface area contributed by atoms with Crippen LogP contribution >= 0.6 is 31.9 Å². The zero-order valence-corrected chi connectivity index (χ0v) is 14.5. The molecule has 3 heteroatoms. The summed E-state index contributed by atoms with van der Waals surface area (Å²) in [4.78, 5) is 0. The molecule has 0 unspecified atom stereocenters. The van der Waals surface area contributed by atoms with Gasteiger partial charge in [0.2, 0.25) is 0 Å². The molecule has 1 N–H and O–H groups in total. The molecule has 3 rings (SSSR count). The molecule has 0 spiro atoms. The Morgan fingerprint density at radius 3 is 2.50 bits per heavy atom. The quantitative estimate of drug-likeness (QED) is 0.685. The number of rotatable bonds is 3. The lowest BCUT2D eigenvalue weighted by atomic mass is 9.76. The van der Waals surface area contributed by atoms with Crippen LogP contribution in [-0.2, 0) is 0 Å². The largest absolute Gasteiger partial charge is 0.381 e. The SMILES string of the molecule is Cc1ccc(Br)c(NC2CC(c3ccccc3Br)C2)c1. The van der Waals surface area contributed by atoms with Gasteiger partial charge in [0, 0.05) is 20.7 Å². The second-order valence-electron chi connectivity index (χ2n) is 5.51. The first-order valence-corrected chi connectivity index (χ1v) is 8.49. The van der Waals surface area contributed by atoms with Crippen molar-refractivity contribution in [3.05, 3.63) is 62.5 Å². The fraction of sp³-hybridized carbons (Fsp3) is 0.294. The van der Waals surface area contributed by atoms with Gasteiger partial charge in [-0.3, -0.25) is 0 Å². The molecule has 2 aromatic rings. The normalized spacial score (nSPS) is 21.4. The topological polar surface area (TPSA) is 12.0 Å². The minimum Gasteiger partial charge on any atom is -0.381 e. The molecule has 2 aromatic carbocycles. The van der Waals surface area contributed by atoms with Gasteiger partial charge in [0.15, 0.2) is 0 Å². The highest BCUT2D eigenvalue weighted by Crippen LogP contribution is 2.41. The molecule has 1 saturated carbocycles. The second kappa shape index (κ2) is 5.90. The highest BCUT2D eigenvalue weighted by atomic mass is 79.9. The van der Waals surface area contributed by atoms with Gasteiger partial charge in [0.25, 0.3) is 0 Å². The first kappa shape index (κ1) is 14.2. The van der Waals surface area contributed by atoms with Crippen molar-refractivity contribution in [1.82, 2.24) is 0 Å². The molecule has 0 atom stereocenters. The summed E-state index contributed by atoms with van der Waals surface area (Å²) < 4.78 is 2.38. The fourth-order valence-corrected chi connectivity index (χ4v) is 3.74. The van der Waals surface area contributed by atoms with Crippen LogP contribution in [-0.4, -0.2) is 6.04 Å². The lowest BCUT2D eigenvalue weighted by Crippen LogP contribution is -2.34. The summed E-state index contributed by atoms with van der Waals surface area (Å²) in [6.07, 6.45) is 2.39. The number of halogens is 2. The van der Waals surface area contributed by atoms with E-state index in [2.05, 4.69) is 86.6 Å². The molecule has 104 valence electrons. The molecule has 0 bridgehead atoms. The Morgan fingerprint density at radius 1 is 1.00 bits per heavy atom. The van der Waals surface area contributed by atoms with Crippen molar-refractivity contribution >= 4 is 37.5 Å². The number of hydrogen-bond donors (Lipinski definition) is 1. The maximum Gasteiger partial charge on any atom is 0.0489 e. The van der Waals surface area contributed by atoms with Gasteiger partial charge in [-0.1, -0.05) is 40.2 Å². The summed E-state index contributed by atoms with van der Waals surface area (Å²) in [5, 5.41) is 3.64. The molecule has 0 aromatic heterocycles. The van der Waals surface area contributed by atoms with Crippen LogP contribution in [0, 0.1) is 6.92 Å². The fourth-order valence-electron chi connectivity index (χ4n) is 2.77. The smallest absolute Gasteiger partial charge is 0.0489 e. The van der Waals surface area contributed by atoms with E-state index in [1.54, 1.807) is 0 Å². The Labute approximate surface area is 137 Å². The molecule has 20 heavy (non-hydrogen) atoms. The lowest BCUT2D eigenvalue weighted by Gasteiger charge is -2.37. The van der Waals surface area contributed by atoms with E-state index in [1.807, 2.05) is 0 Å². The standard InChI is InChI=1S/C17H17Br2N/c1-11-6-7-16(19)17(8-11)20-13-9-12(10-13)14-4-2-3-5-15(14)18/h2-8,12-13,20H,9-10H2,1H3. The van der Waals surface area contributed by atoms with Gasteiger partial charge in [0.1, 0.15) is 0 Å². The average Bonchev–Trinajstić information content (AvgIpc) is 2.38. The van der Waals surface area contributed by atoms with Crippen molar-refractivity contribution in [3.63, 3.8) is 0 Å². The average molecular weight is 395 g/mol. The minimum atomic E-state index is 0.574. The third-order valence-electron chi connectivity index (χ3n) is 3.96. The number of anilines is 1. The molecule has 0 aliphatic heterocycles. The van der Waals surface area contributed by atoms with Gasteiger partial charge in [0.05, 0.1) is 0 Å². The van der Waals surface area contributed by atoms with E-state index in [0.29, 0.717) is 12.0 Å². The van der Waals surface area contributed by atoms with Gasteiger partial charge < -0.3 is 5.32 Å². The van der Waals surface area contributed by atoms with Crippen molar-refractivity contribution in [2.75, 3.05) is 5.32 Å². The zero-order chi connectivity index (χ0) is 14.1. The van der Waals surface area contributed by atoms with Crippen molar-refractivity contribution in [2.45, 2.75) is 31.7 Å². The van der Waals surface area contributed by atoms with Crippen LogP contribution in [0.5, 0.6) is 0 Å². The van der Waals surface area contributed by atoms with Crippen LogP contribution in [0.3, 0.4) is 0 Å². The molecule has 1 aliphatic rings. The van der Waals surface area contributed by atoms with Gasteiger partial charge in [-0.05, 0) is 70.9 Å². The third-order valence-corrected chi connectivity index (χ3v) is 5.38. The van der Waals surface area contributed by atoms with Gasteiger partial charge in [-0.25, -0.2) is 0 Å². The lowest BCUT2D eigenvalue weighted by molar-refractivity contribution is 0.373. The van der Waals surface area contributed by atoms with E-state index in [9.17, 15) is 0 Å². The van der Waals surface area contributed by atoms with E-state index in [4.69, 9.17) is 0 Å². The van der Waals surface area contributed by atoms with E-state index in [0.717, 1.165) is 4.47 Å². The van der Waals surface area contributed by atoms with Gasteiger partial charge in [-0.2, -0.15) is 0 Å². The van der Waals surface area contributed by atoms with Gasteiger partial charge >= 0.3 is 0 Å². The van der Waals surface area contributed by atoms with Crippen LogP contribution in [0.2, 0.25) is 0 Å². The minimum absolute atomic E-state index is 0.574. The summed E-state index contributed by atoms with van der Waals surface area (Å²) in [6.45, 7) is 2.13. The first-order valence-electron chi connectivity index (χ1n) is 6.90. The first-order chi connectivity index (χ1) is 9.63. The molecule has 0 radical (unpaired) electrons.